The highest BCUT2D eigenvalue weighted by Crippen LogP contribution is 2.44. The number of allylic oxidation sites excluding steroid dienone is 1. The maximum absolute atomic E-state index is 9.67. The fraction of sp³-hybridized carbons (Fsp3) is 0.389. The quantitative estimate of drug-likeness (QED) is 0.865. The number of nitrogens with zero attached hydrogens (tertiary/aromatic N) is 3. The first-order chi connectivity index (χ1) is 10.9. The van der Waals surface area contributed by atoms with Crippen LogP contribution in [0.4, 0.5) is 0 Å². The van der Waals surface area contributed by atoms with Gasteiger partial charge in [-0.3, -0.25) is 0 Å². The van der Waals surface area contributed by atoms with E-state index in [0.29, 0.717) is 11.5 Å². The predicted octanol–water partition coefficient (Wildman–Crippen LogP) is 3.13. The number of ether oxygens (including phenoxy) is 1. The third-order valence-electron chi connectivity index (χ3n) is 5.00. The van der Waals surface area contributed by atoms with Gasteiger partial charge in [-0.05, 0) is 62.4 Å². The zero-order chi connectivity index (χ0) is 16.9. The molecule has 0 saturated heterocycles. The van der Waals surface area contributed by atoms with Crippen molar-refractivity contribution in [3.8, 4) is 6.07 Å². The van der Waals surface area contributed by atoms with Crippen molar-refractivity contribution in [1.29, 1.82) is 5.26 Å². The Morgan fingerprint density at radius 3 is 2.22 bits per heavy atom. The Bertz CT molecular complexity index is 813. The standard InChI is InChI=1S/C18H20N4O/c1-8-6-9(2)11(4)14(10(8)3)16-13(7-19)17(20)23-18-15(16)12(5)21-22-18/h6,15-16H,20H2,1-5H3. The largest absolute Gasteiger partial charge is 0.424 e. The van der Waals surface area contributed by atoms with Crippen molar-refractivity contribution in [2.75, 3.05) is 0 Å². The minimum absolute atomic E-state index is 0.135. The lowest BCUT2D eigenvalue weighted by atomic mass is 9.73. The highest BCUT2D eigenvalue weighted by atomic mass is 16.5. The fourth-order valence-corrected chi connectivity index (χ4v) is 3.54. The summed E-state index contributed by atoms with van der Waals surface area (Å²) in [6.07, 6.45) is 0. The molecule has 0 aromatic heterocycles. The molecule has 23 heavy (non-hydrogen) atoms. The highest BCUT2D eigenvalue weighted by molar-refractivity contribution is 6.08. The molecule has 3 rings (SSSR count). The van der Waals surface area contributed by atoms with E-state index in [9.17, 15) is 5.26 Å². The van der Waals surface area contributed by atoms with Crippen LogP contribution in [-0.4, -0.2) is 11.6 Å². The van der Waals surface area contributed by atoms with E-state index >= 15 is 0 Å². The van der Waals surface area contributed by atoms with E-state index in [0.717, 1.165) is 11.3 Å². The van der Waals surface area contributed by atoms with Gasteiger partial charge in [-0.25, -0.2) is 0 Å². The normalized spacial score (nSPS) is 23.0. The zero-order valence-corrected chi connectivity index (χ0v) is 14.1. The van der Waals surface area contributed by atoms with Crippen LogP contribution in [-0.2, 0) is 4.74 Å². The van der Waals surface area contributed by atoms with Gasteiger partial charge in [0.2, 0.25) is 11.8 Å². The molecule has 1 aromatic rings. The van der Waals surface area contributed by atoms with Crippen LogP contribution < -0.4 is 5.73 Å². The van der Waals surface area contributed by atoms with E-state index < -0.39 is 0 Å². The lowest BCUT2D eigenvalue weighted by molar-refractivity contribution is 0.352. The summed E-state index contributed by atoms with van der Waals surface area (Å²) in [7, 11) is 0. The molecule has 2 N–H and O–H groups in total. The first-order valence-corrected chi connectivity index (χ1v) is 7.63. The van der Waals surface area contributed by atoms with Crippen LogP contribution in [0.5, 0.6) is 0 Å². The number of aryl methyl sites for hydroxylation is 2. The van der Waals surface area contributed by atoms with Gasteiger partial charge in [0.15, 0.2) is 0 Å². The molecule has 5 heteroatoms. The highest BCUT2D eigenvalue weighted by Gasteiger charge is 2.44. The topological polar surface area (TPSA) is 83.8 Å². The molecule has 0 radical (unpaired) electrons. The Labute approximate surface area is 136 Å². The van der Waals surface area contributed by atoms with Gasteiger partial charge in [0.1, 0.15) is 6.07 Å². The van der Waals surface area contributed by atoms with Gasteiger partial charge in [0, 0.05) is 5.92 Å². The minimum atomic E-state index is -0.197. The van der Waals surface area contributed by atoms with Crippen molar-refractivity contribution in [2.45, 2.75) is 40.5 Å². The second kappa shape index (κ2) is 5.24. The third-order valence-corrected chi connectivity index (χ3v) is 5.00. The van der Waals surface area contributed by atoms with E-state index in [1.54, 1.807) is 0 Å². The lowest BCUT2D eigenvalue weighted by Gasteiger charge is -2.32. The SMILES string of the molecule is CC1=NN=C2OC(N)=C(C#N)C(c3c(C)c(C)cc(C)c3C)C12. The molecule has 118 valence electrons. The van der Waals surface area contributed by atoms with Gasteiger partial charge < -0.3 is 10.5 Å². The third kappa shape index (κ3) is 2.14. The van der Waals surface area contributed by atoms with Gasteiger partial charge in [0.05, 0.1) is 17.2 Å². The van der Waals surface area contributed by atoms with Gasteiger partial charge in [-0.15, -0.1) is 5.10 Å². The average molecular weight is 308 g/mol. The predicted molar refractivity (Wildman–Crippen MR) is 90.1 cm³/mol. The van der Waals surface area contributed by atoms with E-state index in [1.165, 1.54) is 22.3 Å². The number of nitriles is 1. The Kier molecular flexibility index (Phi) is 3.48. The fourth-order valence-electron chi connectivity index (χ4n) is 3.54. The number of hydrogen-bond donors (Lipinski definition) is 1. The number of hydrogen-bond acceptors (Lipinski definition) is 5. The molecule has 2 heterocycles. The zero-order valence-electron chi connectivity index (χ0n) is 14.1. The molecule has 5 nitrogen and oxygen atoms in total. The van der Waals surface area contributed by atoms with Crippen LogP contribution >= 0.6 is 0 Å². The summed E-state index contributed by atoms with van der Waals surface area (Å²) in [5.74, 6) is 0.269. The van der Waals surface area contributed by atoms with Crippen LogP contribution in [0.15, 0.2) is 27.7 Å². The van der Waals surface area contributed by atoms with Crippen molar-refractivity contribution in [3.05, 3.63) is 45.3 Å². The first kappa shape index (κ1) is 15.3. The van der Waals surface area contributed by atoms with Crippen LogP contribution in [0, 0.1) is 44.9 Å². The van der Waals surface area contributed by atoms with Crippen LogP contribution in [0.3, 0.4) is 0 Å². The molecule has 0 fully saturated rings. The van der Waals surface area contributed by atoms with Crippen molar-refractivity contribution in [1.82, 2.24) is 0 Å². The minimum Gasteiger partial charge on any atom is -0.424 e. The molecule has 0 amide bonds. The van der Waals surface area contributed by atoms with Gasteiger partial charge in [0.25, 0.3) is 0 Å². The second-order valence-corrected chi connectivity index (χ2v) is 6.30. The molecular weight excluding hydrogens is 288 g/mol. The number of fused-ring (bicyclic) bond motifs is 1. The molecule has 0 saturated carbocycles. The van der Waals surface area contributed by atoms with Crippen molar-refractivity contribution in [2.24, 2.45) is 21.9 Å². The van der Waals surface area contributed by atoms with E-state index in [2.05, 4.69) is 50.0 Å². The molecule has 2 atom stereocenters. The maximum Gasteiger partial charge on any atom is 0.226 e. The van der Waals surface area contributed by atoms with Gasteiger partial charge in [-0.2, -0.15) is 10.4 Å². The molecule has 2 aliphatic heterocycles. The summed E-state index contributed by atoms with van der Waals surface area (Å²) in [6, 6.07) is 4.43. The number of nitrogens with two attached hydrogens (primary N) is 1. The smallest absolute Gasteiger partial charge is 0.226 e. The summed E-state index contributed by atoms with van der Waals surface area (Å²) in [4.78, 5) is 0. The number of rotatable bonds is 1. The molecule has 1 aromatic carbocycles. The van der Waals surface area contributed by atoms with Crippen molar-refractivity contribution in [3.63, 3.8) is 0 Å². The Balaban J connectivity index is 2.32. The summed E-state index contributed by atoms with van der Waals surface area (Å²) in [5, 5.41) is 17.9. The molecule has 0 spiro atoms. The van der Waals surface area contributed by atoms with E-state index in [-0.39, 0.29) is 17.7 Å². The lowest BCUT2D eigenvalue weighted by Crippen LogP contribution is -2.36. The molecule has 0 aliphatic carbocycles. The van der Waals surface area contributed by atoms with Crippen molar-refractivity contribution >= 4 is 11.6 Å². The van der Waals surface area contributed by atoms with Crippen LogP contribution in [0.1, 0.15) is 40.7 Å². The summed E-state index contributed by atoms with van der Waals surface area (Å²) >= 11 is 0. The Morgan fingerprint density at radius 1 is 1.04 bits per heavy atom. The maximum atomic E-state index is 9.67. The van der Waals surface area contributed by atoms with E-state index in [1.807, 2.05) is 6.92 Å². The second-order valence-electron chi connectivity index (χ2n) is 6.30. The van der Waals surface area contributed by atoms with Crippen LogP contribution in [0.25, 0.3) is 0 Å². The Morgan fingerprint density at radius 2 is 1.65 bits per heavy atom. The first-order valence-electron chi connectivity index (χ1n) is 7.63. The monoisotopic (exact) mass is 308 g/mol. The summed E-state index contributed by atoms with van der Waals surface area (Å²) in [6.45, 7) is 10.3. The average Bonchev–Trinajstić information content (AvgIpc) is 2.86. The molecule has 2 aliphatic rings. The molecule has 0 bridgehead atoms. The van der Waals surface area contributed by atoms with Crippen LogP contribution in [0.2, 0.25) is 0 Å². The van der Waals surface area contributed by atoms with Gasteiger partial charge >= 0.3 is 0 Å². The molecular formula is C18H20N4O. The summed E-state index contributed by atoms with van der Waals surface area (Å²) in [5.41, 5.74) is 13.2. The van der Waals surface area contributed by atoms with Gasteiger partial charge in [-0.1, -0.05) is 6.07 Å². The summed E-state index contributed by atoms with van der Waals surface area (Å²) < 4.78 is 5.55. The Hall–Kier alpha value is -2.61. The van der Waals surface area contributed by atoms with Crippen molar-refractivity contribution < 1.29 is 4.74 Å². The number of benzene rings is 1. The van der Waals surface area contributed by atoms with E-state index in [4.69, 9.17) is 10.5 Å². The molecule has 2 unspecified atom stereocenters.